The van der Waals surface area contributed by atoms with Gasteiger partial charge < -0.3 is 10.3 Å². The first-order valence-corrected chi connectivity index (χ1v) is 7.43. The number of anilines is 1. The fourth-order valence-electron chi connectivity index (χ4n) is 3.11. The summed E-state index contributed by atoms with van der Waals surface area (Å²) in [6.07, 6.45) is 5.21. The van der Waals surface area contributed by atoms with Crippen molar-refractivity contribution in [2.45, 2.75) is 39.2 Å². The van der Waals surface area contributed by atoms with E-state index < -0.39 is 0 Å². The van der Waals surface area contributed by atoms with Crippen LogP contribution in [0.4, 0.5) is 5.95 Å². The fourth-order valence-corrected chi connectivity index (χ4v) is 3.39. The van der Waals surface area contributed by atoms with Crippen molar-refractivity contribution in [1.82, 2.24) is 9.55 Å². The lowest BCUT2D eigenvalue weighted by Gasteiger charge is -2.26. The quantitative estimate of drug-likeness (QED) is 0.898. The van der Waals surface area contributed by atoms with E-state index in [2.05, 4.69) is 16.5 Å². The molecule has 102 valence electrons. The molecule has 0 amide bonds. The van der Waals surface area contributed by atoms with Gasteiger partial charge in [-0.1, -0.05) is 37.4 Å². The highest BCUT2D eigenvalue weighted by molar-refractivity contribution is 6.35. The van der Waals surface area contributed by atoms with Crippen LogP contribution in [-0.4, -0.2) is 9.55 Å². The second-order valence-corrected chi connectivity index (χ2v) is 6.22. The summed E-state index contributed by atoms with van der Waals surface area (Å²) in [7, 11) is 0. The summed E-state index contributed by atoms with van der Waals surface area (Å²) >= 11 is 6.30. The summed E-state index contributed by atoms with van der Waals surface area (Å²) in [5.74, 6) is 2.16. The number of nitrogens with zero attached hydrogens (tertiary/aromatic N) is 2. The normalized spacial score (nSPS) is 23.9. The van der Waals surface area contributed by atoms with E-state index in [1.54, 1.807) is 0 Å². The largest absolute Gasteiger partial charge is 0.369 e. The van der Waals surface area contributed by atoms with Gasteiger partial charge in [-0.05, 0) is 36.8 Å². The van der Waals surface area contributed by atoms with E-state index in [0.29, 0.717) is 11.9 Å². The lowest BCUT2D eigenvalue weighted by molar-refractivity contribution is 0.267. The van der Waals surface area contributed by atoms with Crippen molar-refractivity contribution in [2.75, 3.05) is 5.73 Å². The summed E-state index contributed by atoms with van der Waals surface area (Å²) in [6.45, 7) is 3.28. The average Bonchev–Trinajstić information content (AvgIpc) is 2.70. The third-order valence-electron chi connectivity index (χ3n) is 4.32. The van der Waals surface area contributed by atoms with Gasteiger partial charge in [-0.15, -0.1) is 0 Å². The second kappa shape index (κ2) is 5.04. The Hall–Kier alpha value is -1.22. The van der Waals surface area contributed by atoms with Gasteiger partial charge in [0, 0.05) is 6.54 Å². The number of halogens is 1. The van der Waals surface area contributed by atoms with Gasteiger partial charge in [-0.3, -0.25) is 0 Å². The van der Waals surface area contributed by atoms with Crippen molar-refractivity contribution in [3.05, 3.63) is 23.2 Å². The van der Waals surface area contributed by atoms with Crippen molar-refractivity contribution in [3.8, 4) is 0 Å². The smallest absolute Gasteiger partial charge is 0.201 e. The molecule has 3 rings (SSSR count). The molecule has 0 unspecified atom stereocenters. The zero-order valence-corrected chi connectivity index (χ0v) is 12.0. The molecule has 2 aromatic rings. The van der Waals surface area contributed by atoms with Gasteiger partial charge in [0.1, 0.15) is 0 Å². The van der Waals surface area contributed by atoms with Crippen LogP contribution in [0.3, 0.4) is 0 Å². The zero-order valence-electron chi connectivity index (χ0n) is 11.3. The van der Waals surface area contributed by atoms with Crippen molar-refractivity contribution >= 4 is 28.6 Å². The van der Waals surface area contributed by atoms with Crippen LogP contribution in [0, 0.1) is 11.8 Å². The monoisotopic (exact) mass is 277 g/mol. The maximum absolute atomic E-state index is 6.30. The SMILES string of the molecule is CC1CCC(Cn2c(N)nc3cccc(Cl)c32)CC1. The molecular weight excluding hydrogens is 258 g/mol. The van der Waals surface area contributed by atoms with E-state index in [1.807, 2.05) is 18.2 Å². The van der Waals surface area contributed by atoms with Crippen molar-refractivity contribution in [3.63, 3.8) is 0 Å². The predicted octanol–water partition coefficient (Wildman–Crippen LogP) is 4.10. The molecule has 1 fully saturated rings. The van der Waals surface area contributed by atoms with Crippen molar-refractivity contribution < 1.29 is 0 Å². The summed E-state index contributed by atoms with van der Waals surface area (Å²) in [5, 5.41) is 0.742. The number of imidazole rings is 1. The summed E-state index contributed by atoms with van der Waals surface area (Å²) in [4.78, 5) is 4.41. The Balaban J connectivity index is 1.90. The van der Waals surface area contributed by atoms with Gasteiger partial charge in [-0.25, -0.2) is 4.98 Å². The van der Waals surface area contributed by atoms with Crippen molar-refractivity contribution in [1.29, 1.82) is 0 Å². The van der Waals surface area contributed by atoms with Gasteiger partial charge in [0.15, 0.2) is 0 Å². The van der Waals surface area contributed by atoms with E-state index in [9.17, 15) is 0 Å². The molecule has 1 saturated carbocycles. The number of hydrogen-bond donors (Lipinski definition) is 1. The predicted molar refractivity (Wildman–Crippen MR) is 80.3 cm³/mol. The van der Waals surface area contributed by atoms with E-state index >= 15 is 0 Å². The van der Waals surface area contributed by atoms with E-state index in [0.717, 1.165) is 28.5 Å². The molecule has 0 bridgehead atoms. The molecule has 2 N–H and O–H groups in total. The number of nitrogen functional groups attached to an aromatic ring is 1. The van der Waals surface area contributed by atoms with Crippen LogP contribution in [0.15, 0.2) is 18.2 Å². The number of rotatable bonds is 2. The number of aromatic nitrogens is 2. The molecule has 1 aromatic heterocycles. The maximum atomic E-state index is 6.30. The van der Waals surface area contributed by atoms with Gasteiger partial charge in [0.25, 0.3) is 0 Å². The number of para-hydroxylation sites is 1. The van der Waals surface area contributed by atoms with Gasteiger partial charge in [0.2, 0.25) is 5.95 Å². The van der Waals surface area contributed by atoms with Crippen molar-refractivity contribution in [2.24, 2.45) is 11.8 Å². The molecule has 0 saturated heterocycles. The van der Waals surface area contributed by atoms with Crippen LogP contribution in [0.1, 0.15) is 32.6 Å². The first-order valence-electron chi connectivity index (χ1n) is 7.05. The van der Waals surface area contributed by atoms with Crippen LogP contribution in [0.5, 0.6) is 0 Å². The number of hydrogen-bond acceptors (Lipinski definition) is 2. The molecule has 19 heavy (non-hydrogen) atoms. The van der Waals surface area contributed by atoms with Gasteiger partial charge in [0.05, 0.1) is 16.1 Å². The minimum atomic E-state index is 0.585. The summed E-state index contributed by atoms with van der Waals surface area (Å²) in [5.41, 5.74) is 7.94. The standard InChI is InChI=1S/C15H20ClN3/c1-10-5-7-11(8-6-10)9-19-14-12(16)3-2-4-13(14)18-15(19)17/h2-4,10-11H,5-9H2,1H3,(H2,17,18). The Morgan fingerprint density at radius 1 is 1.32 bits per heavy atom. The second-order valence-electron chi connectivity index (χ2n) is 5.81. The summed E-state index contributed by atoms with van der Waals surface area (Å²) in [6, 6.07) is 5.80. The molecule has 0 aliphatic heterocycles. The summed E-state index contributed by atoms with van der Waals surface area (Å²) < 4.78 is 2.10. The van der Waals surface area contributed by atoms with Crippen LogP contribution in [0.25, 0.3) is 11.0 Å². The Kier molecular flexibility index (Phi) is 3.40. The number of nitrogens with two attached hydrogens (primary N) is 1. The third kappa shape index (κ3) is 2.44. The molecule has 0 radical (unpaired) electrons. The Morgan fingerprint density at radius 2 is 2.05 bits per heavy atom. The molecule has 3 nitrogen and oxygen atoms in total. The minimum absolute atomic E-state index is 0.585. The first kappa shape index (κ1) is 12.8. The first-order chi connectivity index (χ1) is 9.15. The Bertz CT molecular complexity index is 582. The van der Waals surface area contributed by atoms with E-state index in [-0.39, 0.29) is 0 Å². The average molecular weight is 278 g/mol. The van der Waals surface area contributed by atoms with Crippen LogP contribution in [-0.2, 0) is 6.54 Å². The van der Waals surface area contributed by atoms with Gasteiger partial charge >= 0.3 is 0 Å². The molecule has 1 aromatic carbocycles. The molecular formula is C15H20ClN3. The molecule has 1 aliphatic carbocycles. The van der Waals surface area contributed by atoms with Crippen LogP contribution in [0.2, 0.25) is 5.02 Å². The van der Waals surface area contributed by atoms with E-state index in [1.165, 1.54) is 25.7 Å². The lowest BCUT2D eigenvalue weighted by Crippen LogP contribution is -2.18. The highest BCUT2D eigenvalue weighted by Crippen LogP contribution is 2.32. The zero-order chi connectivity index (χ0) is 13.4. The topological polar surface area (TPSA) is 43.8 Å². The Morgan fingerprint density at radius 3 is 2.79 bits per heavy atom. The number of benzene rings is 1. The molecule has 0 spiro atoms. The maximum Gasteiger partial charge on any atom is 0.201 e. The van der Waals surface area contributed by atoms with E-state index in [4.69, 9.17) is 17.3 Å². The molecule has 4 heteroatoms. The van der Waals surface area contributed by atoms with Crippen LogP contribution >= 0.6 is 11.6 Å². The molecule has 0 atom stereocenters. The fraction of sp³-hybridized carbons (Fsp3) is 0.533. The highest BCUT2D eigenvalue weighted by atomic mass is 35.5. The van der Waals surface area contributed by atoms with Crippen LogP contribution < -0.4 is 5.73 Å². The Labute approximate surface area is 118 Å². The minimum Gasteiger partial charge on any atom is -0.369 e. The number of fused-ring (bicyclic) bond motifs is 1. The molecule has 1 heterocycles. The van der Waals surface area contributed by atoms with Gasteiger partial charge in [-0.2, -0.15) is 0 Å². The molecule has 1 aliphatic rings. The lowest BCUT2D eigenvalue weighted by atomic mass is 9.83. The third-order valence-corrected chi connectivity index (χ3v) is 4.63. The highest BCUT2D eigenvalue weighted by Gasteiger charge is 2.21.